The topological polar surface area (TPSA) is 6.48 Å². The lowest BCUT2D eigenvalue weighted by Crippen LogP contribution is -2.44. The van der Waals surface area contributed by atoms with Crippen molar-refractivity contribution >= 4 is 17.0 Å². The van der Waals surface area contributed by atoms with Crippen molar-refractivity contribution < 1.29 is 0 Å². The van der Waals surface area contributed by atoms with Crippen molar-refractivity contribution in [3.63, 3.8) is 0 Å². The van der Waals surface area contributed by atoms with Crippen LogP contribution in [0.15, 0.2) is 16.8 Å². The number of hydrogen-bond donors (Lipinski definition) is 0. The third-order valence-corrected chi connectivity index (χ3v) is 3.05. The van der Waals surface area contributed by atoms with Gasteiger partial charge in [-0.3, -0.25) is 0 Å². The van der Waals surface area contributed by atoms with Crippen molar-refractivity contribution in [2.24, 2.45) is 0 Å². The number of anilines is 1. The summed E-state index contributed by atoms with van der Waals surface area (Å²) in [5.74, 6) is 0. The second-order valence-electron chi connectivity index (χ2n) is 3.27. The van der Waals surface area contributed by atoms with E-state index in [1.165, 1.54) is 31.9 Å². The lowest BCUT2D eigenvalue weighted by Gasteiger charge is -2.33. The highest BCUT2D eigenvalue weighted by Gasteiger charge is 2.13. The Morgan fingerprint density at radius 3 is 2.58 bits per heavy atom. The van der Waals surface area contributed by atoms with Gasteiger partial charge in [0, 0.05) is 37.2 Å². The molecule has 0 unspecified atom stereocenters. The van der Waals surface area contributed by atoms with E-state index < -0.39 is 0 Å². The Bertz CT molecular complexity index is 225. The van der Waals surface area contributed by atoms with E-state index in [1.807, 2.05) is 0 Å². The van der Waals surface area contributed by atoms with Gasteiger partial charge in [-0.1, -0.05) is 0 Å². The van der Waals surface area contributed by atoms with Crippen molar-refractivity contribution in [2.45, 2.75) is 0 Å². The predicted molar refractivity (Wildman–Crippen MR) is 54.0 cm³/mol. The number of hydrogen-bond acceptors (Lipinski definition) is 3. The van der Waals surface area contributed by atoms with Crippen molar-refractivity contribution in [1.82, 2.24) is 4.90 Å². The summed E-state index contributed by atoms with van der Waals surface area (Å²) in [6.45, 7) is 4.73. The molecule has 12 heavy (non-hydrogen) atoms. The van der Waals surface area contributed by atoms with Crippen LogP contribution in [0.25, 0.3) is 0 Å². The number of rotatable bonds is 1. The van der Waals surface area contributed by atoms with E-state index in [9.17, 15) is 0 Å². The number of piperazine rings is 1. The lowest BCUT2D eigenvalue weighted by atomic mass is 10.3. The molecule has 0 amide bonds. The van der Waals surface area contributed by atoms with Gasteiger partial charge in [-0.2, -0.15) is 11.3 Å². The molecule has 1 saturated heterocycles. The first kappa shape index (κ1) is 8.08. The Morgan fingerprint density at radius 1 is 1.25 bits per heavy atom. The van der Waals surface area contributed by atoms with E-state index in [4.69, 9.17) is 0 Å². The molecule has 1 aromatic rings. The molecule has 0 aliphatic carbocycles. The zero-order valence-electron chi connectivity index (χ0n) is 7.36. The molecule has 0 atom stereocenters. The first-order valence-electron chi connectivity index (χ1n) is 4.32. The fourth-order valence-corrected chi connectivity index (χ4v) is 2.17. The zero-order chi connectivity index (χ0) is 8.39. The van der Waals surface area contributed by atoms with E-state index >= 15 is 0 Å². The number of likely N-dealkylation sites (N-methyl/N-ethyl adjacent to an activating group) is 1. The largest absolute Gasteiger partial charge is 0.368 e. The standard InChI is InChI=1S/C9H14N2S/c1-10-3-5-11(6-4-10)9-2-7-12-8-9/h2,7-8H,3-6H2,1H3. The molecular weight excluding hydrogens is 168 g/mol. The molecule has 1 fully saturated rings. The summed E-state index contributed by atoms with van der Waals surface area (Å²) in [5, 5.41) is 4.37. The fraction of sp³-hybridized carbons (Fsp3) is 0.556. The van der Waals surface area contributed by atoms with Crippen molar-refractivity contribution in [2.75, 3.05) is 38.1 Å². The maximum atomic E-state index is 2.45. The Kier molecular flexibility index (Phi) is 2.33. The van der Waals surface area contributed by atoms with Crippen LogP contribution in [0.4, 0.5) is 5.69 Å². The molecule has 2 nitrogen and oxygen atoms in total. The van der Waals surface area contributed by atoms with Crippen LogP contribution in [-0.4, -0.2) is 38.1 Å². The van der Waals surface area contributed by atoms with Crippen LogP contribution < -0.4 is 4.90 Å². The minimum absolute atomic E-state index is 1.17. The molecule has 0 spiro atoms. The Balaban J connectivity index is 1.99. The average molecular weight is 182 g/mol. The molecule has 0 aromatic carbocycles. The third-order valence-electron chi connectivity index (χ3n) is 2.37. The molecule has 1 aliphatic heterocycles. The Labute approximate surface area is 77.4 Å². The molecule has 2 rings (SSSR count). The molecule has 0 radical (unpaired) electrons. The number of nitrogens with zero attached hydrogens (tertiary/aromatic N) is 2. The SMILES string of the molecule is CN1CCN(c2ccsc2)CC1. The average Bonchev–Trinajstić information content (AvgIpc) is 2.58. The van der Waals surface area contributed by atoms with E-state index in [0.717, 1.165) is 0 Å². The van der Waals surface area contributed by atoms with Gasteiger partial charge < -0.3 is 9.80 Å². The van der Waals surface area contributed by atoms with Crippen LogP contribution in [-0.2, 0) is 0 Å². The van der Waals surface area contributed by atoms with Gasteiger partial charge in [0.2, 0.25) is 0 Å². The minimum Gasteiger partial charge on any atom is -0.368 e. The van der Waals surface area contributed by atoms with Crippen LogP contribution in [0.2, 0.25) is 0 Å². The normalized spacial score (nSPS) is 19.9. The first-order valence-corrected chi connectivity index (χ1v) is 5.26. The molecular formula is C9H14N2S. The maximum absolute atomic E-state index is 2.45. The highest BCUT2D eigenvalue weighted by atomic mass is 32.1. The van der Waals surface area contributed by atoms with E-state index in [1.54, 1.807) is 11.3 Å². The van der Waals surface area contributed by atoms with Gasteiger partial charge >= 0.3 is 0 Å². The summed E-state index contributed by atoms with van der Waals surface area (Å²) in [5.41, 5.74) is 1.40. The first-order chi connectivity index (χ1) is 5.86. The van der Waals surface area contributed by atoms with E-state index in [0.29, 0.717) is 0 Å². The molecule has 2 heterocycles. The van der Waals surface area contributed by atoms with Crippen molar-refractivity contribution in [3.05, 3.63) is 16.8 Å². The molecule has 1 aliphatic rings. The zero-order valence-corrected chi connectivity index (χ0v) is 8.18. The van der Waals surface area contributed by atoms with E-state index in [2.05, 4.69) is 33.7 Å². The predicted octanol–water partition coefficient (Wildman–Crippen LogP) is 1.50. The van der Waals surface area contributed by atoms with Crippen LogP contribution in [0.5, 0.6) is 0 Å². The highest BCUT2D eigenvalue weighted by Crippen LogP contribution is 2.18. The molecule has 0 saturated carbocycles. The minimum atomic E-state index is 1.17. The smallest absolute Gasteiger partial charge is 0.0475 e. The van der Waals surface area contributed by atoms with Gasteiger partial charge in [0.15, 0.2) is 0 Å². The van der Waals surface area contributed by atoms with Crippen molar-refractivity contribution in [3.8, 4) is 0 Å². The second-order valence-corrected chi connectivity index (χ2v) is 4.05. The monoisotopic (exact) mass is 182 g/mol. The summed E-state index contributed by atoms with van der Waals surface area (Å²) in [6, 6.07) is 2.20. The fourth-order valence-electron chi connectivity index (χ4n) is 1.50. The summed E-state index contributed by atoms with van der Waals surface area (Å²) in [4.78, 5) is 4.83. The van der Waals surface area contributed by atoms with Gasteiger partial charge in [-0.25, -0.2) is 0 Å². The van der Waals surface area contributed by atoms with E-state index in [-0.39, 0.29) is 0 Å². The molecule has 0 bridgehead atoms. The van der Waals surface area contributed by atoms with Gasteiger partial charge in [-0.05, 0) is 18.5 Å². The van der Waals surface area contributed by atoms with Gasteiger partial charge in [0.25, 0.3) is 0 Å². The van der Waals surface area contributed by atoms with Gasteiger partial charge in [0.1, 0.15) is 0 Å². The van der Waals surface area contributed by atoms with Crippen LogP contribution >= 0.6 is 11.3 Å². The second kappa shape index (κ2) is 3.46. The molecule has 3 heteroatoms. The highest BCUT2D eigenvalue weighted by molar-refractivity contribution is 7.08. The van der Waals surface area contributed by atoms with Crippen LogP contribution in [0, 0.1) is 0 Å². The van der Waals surface area contributed by atoms with Crippen molar-refractivity contribution in [1.29, 1.82) is 0 Å². The Hall–Kier alpha value is -0.540. The number of thiophene rings is 1. The molecule has 66 valence electrons. The lowest BCUT2D eigenvalue weighted by molar-refractivity contribution is 0.313. The van der Waals surface area contributed by atoms with Crippen LogP contribution in [0.3, 0.4) is 0 Å². The summed E-state index contributed by atoms with van der Waals surface area (Å²) >= 11 is 1.78. The van der Waals surface area contributed by atoms with Gasteiger partial charge in [-0.15, -0.1) is 0 Å². The van der Waals surface area contributed by atoms with Gasteiger partial charge in [0.05, 0.1) is 0 Å². The Morgan fingerprint density at radius 2 is 2.00 bits per heavy atom. The summed E-state index contributed by atoms with van der Waals surface area (Å²) < 4.78 is 0. The maximum Gasteiger partial charge on any atom is 0.0475 e. The van der Waals surface area contributed by atoms with Crippen LogP contribution in [0.1, 0.15) is 0 Å². The quantitative estimate of drug-likeness (QED) is 0.649. The molecule has 0 N–H and O–H groups in total. The summed E-state index contributed by atoms with van der Waals surface area (Å²) in [6.07, 6.45) is 0. The molecule has 1 aromatic heterocycles. The third kappa shape index (κ3) is 1.62. The summed E-state index contributed by atoms with van der Waals surface area (Å²) in [7, 11) is 2.19.